The van der Waals surface area contributed by atoms with E-state index in [1.54, 1.807) is 12.1 Å². The Labute approximate surface area is 130 Å². The van der Waals surface area contributed by atoms with Gasteiger partial charge in [0.25, 0.3) is 0 Å². The van der Waals surface area contributed by atoms with E-state index in [4.69, 9.17) is 0 Å². The first kappa shape index (κ1) is 14.6. The van der Waals surface area contributed by atoms with Crippen molar-refractivity contribution >= 4 is 31.9 Å². The van der Waals surface area contributed by atoms with Crippen LogP contribution in [0, 0.1) is 0 Å². The van der Waals surface area contributed by atoms with Crippen molar-refractivity contribution < 1.29 is 5.11 Å². The van der Waals surface area contributed by atoms with Crippen molar-refractivity contribution in [1.29, 1.82) is 0 Å². The molecule has 0 spiro atoms. The summed E-state index contributed by atoms with van der Waals surface area (Å²) < 4.78 is 0. The normalized spacial score (nSPS) is 11.5. The molecule has 0 aliphatic heterocycles. The highest BCUT2D eigenvalue weighted by atomic mass is 79.9. The van der Waals surface area contributed by atoms with Gasteiger partial charge in [-0.1, -0.05) is 74.3 Å². The summed E-state index contributed by atoms with van der Waals surface area (Å²) in [6.07, 6.45) is 0.924. The molecule has 2 aromatic rings. The molecule has 0 unspecified atom stereocenters. The Morgan fingerprint density at radius 3 is 1.95 bits per heavy atom. The molecule has 0 radical (unpaired) electrons. The minimum atomic E-state index is 0.0260. The smallest absolute Gasteiger partial charge is 0.115 e. The van der Waals surface area contributed by atoms with E-state index in [0.29, 0.717) is 5.75 Å². The molecule has 0 saturated carbocycles. The summed E-state index contributed by atoms with van der Waals surface area (Å²) in [6, 6.07) is 18.0. The van der Waals surface area contributed by atoms with E-state index in [0.717, 1.165) is 17.1 Å². The van der Waals surface area contributed by atoms with E-state index in [2.05, 4.69) is 56.1 Å². The molecule has 100 valence electrons. The lowest BCUT2D eigenvalue weighted by molar-refractivity contribution is 0.474. The molecule has 0 aliphatic rings. The summed E-state index contributed by atoms with van der Waals surface area (Å²) in [7, 11) is 0. The molecule has 0 heterocycles. The number of hydrogen-bond acceptors (Lipinski definition) is 1. The van der Waals surface area contributed by atoms with Crippen molar-refractivity contribution in [3.63, 3.8) is 0 Å². The van der Waals surface area contributed by atoms with Crippen molar-refractivity contribution in [3.05, 3.63) is 65.7 Å². The van der Waals surface area contributed by atoms with Crippen molar-refractivity contribution in [2.24, 2.45) is 0 Å². The molecule has 3 heteroatoms. The van der Waals surface area contributed by atoms with Gasteiger partial charge in [-0.25, -0.2) is 0 Å². The molecule has 0 aromatic heterocycles. The number of phenolic OH excluding ortho intramolecular Hbond substituents is 1. The van der Waals surface area contributed by atoms with Crippen LogP contribution in [0.2, 0.25) is 0 Å². The molecule has 0 fully saturated rings. The van der Waals surface area contributed by atoms with Gasteiger partial charge in [0.05, 0.1) is 0 Å². The van der Waals surface area contributed by atoms with Gasteiger partial charge in [0, 0.05) is 16.1 Å². The third-order valence-corrected chi connectivity index (χ3v) is 5.52. The second kappa shape index (κ2) is 6.58. The monoisotopic (exact) mass is 382 g/mol. The molecular weight excluding hydrogens is 368 g/mol. The Bertz CT molecular complexity index is 504. The Morgan fingerprint density at radius 1 is 0.842 bits per heavy atom. The van der Waals surface area contributed by atoms with Gasteiger partial charge in [-0.05, 0) is 29.7 Å². The van der Waals surface area contributed by atoms with Gasteiger partial charge in [0.1, 0.15) is 5.75 Å². The van der Waals surface area contributed by atoms with E-state index in [1.165, 1.54) is 11.1 Å². The number of rotatable bonds is 5. The van der Waals surface area contributed by atoms with E-state index in [1.807, 2.05) is 18.2 Å². The zero-order chi connectivity index (χ0) is 13.7. The predicted molar refractivity (Wildman–Crippen MR) is 87.5 cm³/mol. The van der Waals surface area contributed by atoms with Crippen molar-refractivity contribution in [1.82, 2.24) is 0 Å². The highest BCUT2D eigenvalue weighted by molar-refractivity contribution is 9.09. The fourth-order valence-corrected chi connectivity index (χ4v) is 4.16. The summed E-state index contributed by atoms with van der Waals surface area (Å²) in [5, 5.41) is 11.1. The molecule has 0 saturated heterocycles. The van der Waals surface area contributed by atoms with Crippen LogP contribution >= 0.6 is 31.9 Å². The Balaban J connectivity index is 2.32. The van der Waals surface area contributed by atoms with Crippen LogP contribution in [0.3, 0.4) is 0 Å². The van der Waals surface area contributed by atoms with Gasteiger partial charge in [-0.2, -0.15) is 0 Å². The summed E-state index contributed by atoms with van der Waals surface area (Å²) in [5.41, 5.74) is 2.57. The third kappa shape index (κ3) is 3.40. The molecule has 19 heavy (non-hydrogen) atoms. The Hall–Kier alpha value is -0.800. The van der Waals surface area contributed by atoms with Crippen LogP contribution in [0.1, 0.15) is 11.1 Å². The second-order valence-electron chi connectivity index (χ2n) is 4.76. The van der Waals surface area contributed by atoms with Crippen molar-refractivity contribution in [2.45, 2.75) is 11.8 Å². The lowest BCUT2D eigenvalue weighted by Gasteiger charge is -2.31. The zero-order valence-electron chi connectivity index (χ0n) is 10.5. The average Bonchev–Trinajstić information content (AvgIpc) is 2.48. The fraction of sp³-hybridized carbons (Fsp3) is 0.250. The number of hydrogen-bond donors (Lipinski definition) is 1. The molecule has 1 nitrogen and oxygen atoms in total. The highest BCUT2D eigenvalue weighted by Gasteiger charge is 2.30. The first-order chi connectivity index (χ1) is 9.20. The Morgan fingerprint density at radius 2 is 1.42 bits per heavy atom. The van der Waals surface area contributed by atoms with Crippen molar-refractivity contribution in [2.75, 3.05) is 10.7 Å². The Kier molecular flexibility index (Phi) is 5.06. The highest BCUT2D eigenvalue weighted by Crippen LogP contribution is 2.33. The molecule has 2 aromatic carbocycles. The number of alkyl halides is 2. The maximum Gasteiger partial charge on any atom is 0.115 e. The molecule has 2 rings (SSSR count). The quantitative estimate of drug-likeness (QED) is 0.744. The fourth-order valence-electron chi connectivity index (χ4n) is 2.18. The van der Waals surface area contributed by atoms with Gasteiger partial charge < -0.3 is 5.11 Å². The summed E-state index contributed by atoms with van der Waals surface area (Å²) in [5.74, 6) is 0.312. The topological polar surface area (TPSA) is 20.2 Å². The minimum absolute atomic E-state index is 0.0260. The van der Waals surface area contributed by atoms with E-state index < -0.39 is 0 Å². The van der Waals surface area contributed by atoms with Crippen LogP contribution in [0.15, 0.2) is 54.6 Å². The molecular formula is C16H16Br2O. The predicted octanol–water partition coefficient (Wildman–Crippen LogP) is 4.66. The van der Waals surface area contributed by atoms with E-state index in [-0.39, 0.29) is 5.41 Å². The summed E-state index contributed by atoms with van der Waals surface area (Å²) >= 11 is 7.33. The van der Waals surface area contributed by atoms with Crippen LogP contribution in [-0.4, -0.2) is 15.8 Å². The van der Waals surface area contributed by atoms with Gasteiger partial charge in [0.15, 0.2) is 0 Å². The summed E-state index contributed by atoms with van der Waals surface area (Å²) in [4.78, 5) is 0. The number of benzene rings is 2. The average molecular weight is 384 g/mol. The van der Waals surface area contributed by atoms with Crippen LogP contribution in [0.4, 0.5) is 0 Å². The molecule has 0 amide bonds. The number of halogens is 2. The van der Waals surface area contributed by atoms with Gasteiger partial charge in [-0.3, -0.25) is 0 Å². The first-order valence-electron chi connectivity index (χ1n) is 6.15. The van der Waals surface area contributed by atoms with Crippen LogP contribution in [0.5, 0.6) is 5.75 Å². The van der Waals surface area contributed by atoms with Crippen LogP contribution in [-0.2, 0) is 11.8 Å². The van der Waals surface area contributed by atoms with Gasteiger partial charge in [0.2, 0.25) is 0 Å². The summed E-state index contributed by atoms with van der Waals surface area (Å²) in [6.45, 7) is 0. The molecule has 0 bridgehead atoms. The largest absolute Gasteiger partial charge is 0.508 e. The SMILES string of the molecule is Oc1ccc(CC(CBr)(CBr)c2ccccc2)cc1. The molecule has 0 aliphatic carbocycles. The lowest BCUT2D eigenvalue weighted by atomic mass is 9.79. The van der Waals surface area contributed by atoms with Crippen LogP contribution < -0.4 is 0 Å². The number of aromatic hydroxyl groups is 1. The maximum absolute atomic E-state index is 9.37. The minimum Gasteiger partial charge on any atom is -0.508 e. The number of phenols is 1. The van der Waals surface area contributed by atoms with E-state index >= 15 is 0 Å². The van der Waals surface area contributed by atoms with Gasteiger partial charge in [-0.15, -0.1) is 0 Å². The lowest BCUT2D eigenvalue weighted by Crippen LogP contribution is -2.32. The molecule has 1 N–H and O–H groups in total. The maximum atomic E-state index is 9.37. The first-order valence-corrected chi connectivity index (χ1v) is 8.40. The third-order valence-electron chi connectivity index (χ3n) is 3.38. The zero-order valence-corrected chi connectivity index (χ0v) is 13.7. The standard InChI is InChI=1S/C16H16Br2O/c17-11-16(12-18,14-4-2-1-3-5-14)10-13-6-8-15(19)9-7-13/h1-9,19H,10-12H2. The van der Waals surface area contributed by atoms with Gasteiger partial charge >= 0.3 is 0 Å². The van der Waals surface area contributed by atoms with Crippen molar-refractivity contribution in [3.8, 4) is 5.75 Å². The molecule has 0 atom stereocenters. The second-order valence-corrected chi connectivity index (χ2v) is 5.88. The van der Waals surface area contributed by atoms with Crippen LogP contribution in [0.25, 0.3) is 0 Å². The van der Waals surface area contributed by atoms with E-state index in [9.17, 15) is 5.11 Å².